The van der Waals surface area contributed by atoms with Gasteiger partial charge in [-0.2, -0.15) is 0 Å². The third kappa shape index (κ3) is 4.60. The van der Waals surface area contributed by atoms with Gasteiger partial charge in [-0.25, -0.2) is 0 Å². The maximum Gasteiger partial charge on any atom is 0.152 e. The quantitative estimate of drug-likeness (QED) is 0.773. The first-order valence-electron chi connectivity index (χ1n) is 9.39. The van der Waals surface area contributed by atoms with Crippen LogP contribution in [0.4, 0.5) is 0 Å². The molecule has 4 nitrogen and oxygen atoms in total. The van der Waals surface area contributed by atoms with Gasteiger partial charge in [0.15, 0.2) is 5.84 Å². The molecule has 1 aromatic carbocycles. The topological polar surface area (TPSA) is 40.0 Å². The van der Waals surface area contributed by atoms with Gasteiger partial charge in [0.2, 0.25) is 0 Å². The van der Waals surface area contributed by atoms with E-state index in [1.165, 1.54) is 31.5 Å². The molecule has 0 bridgehead atoms. The Morgan fingerprint density at radius 3 is 2.52 bits per heavy atom. The zero-order valence-corrected chi connectivity index (χ0v) is 17.2. The fraction of sp³-hybridized carbons (Fsp3) is 0.364. The van der Waals surface area contributed by atoms with Crippen LogP contribution in [0.15, 0.2) is 64.8 Å². The maximum absolute atomic E-state index is 4.44. The van der Waals surface area contributed by atoms with E-state index in [1.807, 2.05) is 31.0 Å². The average molecular weight is 381 g/mol. The molecule has 142 valence electrons. The molecule has 1 saturated heterocycles. The number of nitrogens with zero attached hydrogens (tertiary/aromatic N) is 3. The van der Waals surface area contributed by atoms with Crippen LogP contribution >= 0.6 is 11.9 Å². The summed E-state index contributed by atoms with van der Waals surface area (Å²) in [4.78, 5) is 8.79. The summed E-state index contributed by atoms with van der Waals surface area (Å²) in [5, 5.41) is 3.40. The van der Waals surface area contributed by atoms with Crippen LogP contribution in [-0.2, 0) is 0 Å². The predicted molar refractivity (Wildman–Crippen MR) is 119 cm³/mol. The van der Waals surface area contributed by atoms with Crippen LogP contribution in [0.5, 0.6) is 0 Å². The molecule has 2 aliphatic heterocycles. The molecule has 3 rings (SSSR count). The molecule has 2 aliphatic rings. The van der Waals surface area contributed by atoms with Gasteiger partial charge in [-0.15, -0.1) is 0 Å². The molecule has 0 aliphatic carbocycles. The molecule has 0 unspecified atom stereocenters. The van der Waals surface area contributed by atoms with Crippen LogP contribution in [0.2, 0.25) is 0 Å². The summed E-state index contributed by atoms with van der Waals surface area (Å²) in [5.74, 6) is 1.42. The lowest BCUT2D eigenvalue weighted by Gasteiger charge is -2.30. The van der Waals surface area contributed by atoms with Crippen molar-refractivity contribution in [3.05, 3.63) is 65.9 Å². The van der Waals surface area contributed by atoms with E-state index < -0.39 is 0 Å². The summed E-state index contributed by atoms with van der Waals surface area (Å²) in [7, 11) is 1.77. The van der Waals surface area contributed by atoms with Crippen molar-refractivity contribution in [2.75, 3.05) is 26.4 Å². The van der Waals surface area contributed by atoms with Crippen LogP contribution in [0.1, 0.15) is 36.8 Å². The SMILES string of the molecule is C=C1C=C(c2ccc(C3CCN(SC)CC3)cc2)NC(=NC)C1=N/C=C\C. The highest BCUT2D eigenvalue weighted by atomic mass is 32.2. The van der Waals surface area contributed by atoms with Gasteiger partial charge in [-0.3, -0.25) is 14.3 Å². The van der Waals surface area contributed by atoms with Crippen LogP contribution < -0.4 is 5.32 Å². The van der Waals surface area contributed by atoms with Crippen molar-refractivity contribution >= 4 is 29.2 Å². The second-order valence-corrected chi connectivity index (χ2v) is 7.63. The molecule has 2 heterocycles. The van der Waals surface area contributed by atoms with Crippen molar-refractivity contribution in [1.29, 1.82) is 0 Å². The van der Waals surface area contributed by atoms with E-state index in [2.05, 4.69) is 56.7 Å². The van der Waals surface area contributed by atoms with Crippen molar-refractivity contribution in [1.82, 2.24) is 9.62 Å². The molecular formula is C22H28N4S. The van der Waals surface area contributed by atoms with Gasteiger partial charge < -0.3 is 5.32 Å². The number of nitrogens with one attached hydrogen (secondary N) is 1. The standard InChI is InChI=1S/C22H28N4S/c1-5-12-24-21-16(2)15-20(25-22(21)23-3)19-8-6-17(7-9-19)18-10-13-26(27-4)14-11-18/h5-9,12,15,18H,2,10-11,13-14H2,1,3-4H3,(H,23,25)/b12-5-,24-21?. The Labute approximate surface area is 167 Å². The first kappa shape index (κ1) is 19.6. The van der Waals surface area contributed by atoms with Crippen molar-refractivity contribution in [2.45, 2.75) is 25.7 Å². The lowest BCUT2D eigenvalue weighted by atomic mass is 9.89. The second-order valence-electron chi connectivity index (χ2n) is 6.75. The molecule has 5 heteroatoms. The molecule has 0 radical (unpaired) electrons. The van der Waals surface area contributed by atoms with Crippen LogP contribution in [0.25, 0.3) is 5.70 Å². The zero-order chi connectivity index (χ0) is 19.2. The third-order valence-electron chi connectivity index (χ3n) is 5.08. The van der Waals surface area contributed by atoms with Gasteiger partial charge in [0, 0.05) is 32.0 Å². The fourth-order valence-corrected chi connectivity index (χ4v) is 4.11. The highest BCUT2D eigenvalue weighted by molar-refractivity contribution is 7.96. The van der Waals surface area contributed by atoms with E-state index in [4.69, 9.17) is 0 Å². The lowest BCUT2D eigenvalue weighted by molar-refractivity contribution is 0.347. The molecule has 0 atom stereocenters. The molecule has 1 fully saturated rings. The Morgan fingerprint density at radius 2 is 1.93 bits per heavy atom. The molecule has 27 heavy (non-hydrogen) atoms. The maximum atomic E-state index is 4.44. The second kappa shape index (κ2) is 9.20. The Balaban J connectivity index is 1.76. The Kier molecular flexibility index (Phi) is 6.69. The summed E-state index contributed by atoms with van der Waals surface area (Å²) >= 11 is 1.86. The number of benzene rings is 1. The first-order chi connectivity index (χ1) is 13.2. The molecule has 0 amide bonds. The lowest BCUT2D eigenvalue weighted by Crippen LogP contribution is -2.34. The van der Waals surface area contributed by atoms with Crippen molar-refractivity contribution in [2.24, 2.45) is 9.98 Å². The summed E-state index contributed by atoms with van der Waals surface area (Å²) < 4.78 is 2.45. The molecular weight excluding hydrogens is 352 g/mol. The Bertz CT molecular complexity index is 794. The first-order valence-corrected chi connectivity index (χ1v) is 10.6. The van der Waals surface area contributed by atoms with E-state index in [0.717, 1.165) is 28.4 Å². The fourth-order valence-electron chi connectivity index (χ4n) is 3.53. The number of rotatable bonds is 4. The summed E-state index contributed by atoms with van der Waals surface area (Å²) in [6, 6.07) is 8.94. The summed E-state index contributed by atoms with van der Waals surface area (Å²) in [6.45, 7) is 8.45. The minimum atomic E-state index is 0.665. The molecule has 1 N–H and O–H groups in total. The molecule has 0 saturated carbocycles. The third-order valence-corrected chi connectivity index (χ3v) is 5.96. The molecule has 0 spiro atoms. The minimum absolute atomic E-state index is 0.665. The van der Waals surface area contributed by atoms with Gasteiger partial charge in [-0.05, 0) is 54.7 Å². The number of piperidine rings is 1. The van der Waals surface area contributed by atoms with E-state index in [-0.39, 0.29) is 0 Å². The van der Waals surface area contributed by atoms with Gasteiger partial charge in [0.1, 0.15) is 5.71 Å². The number of hydrogen-bond acceptors (Lipinski definition) is 4. The summed E-state index contributed by atoms with van der Waals surface area (Å²) in [6.07, 6.45) is 10.3. The number of allylic oxidation sites excluding steroid dienone is 2. The van der Waals surface area contributed by atoms with E-state index in [0.29, 0.717) is 5.92 Å². The molecule has 1 aromatic rings. The highest BCUT2D eigenvalue weighted by Crippen LogP contribution is 2.31. The van der Waals surface area contributed by atoms with Gasteiger partial charge in [0.25, 0.3) is 0 Å². The zero-order valence-electron chi connectivity index (χ0n) is 16.4. The average Bonchev–Trinajstić information content (AvgIpc) is 2.72. The largest absolute Gasteiger partial charge is 0.338 e. The highest BCUT2D eigenvalue weighted by Gasteiger charge is 2.22. The number of hydrogen-bond donors (Lipinski definition) is 1. The Morgan fingerprint density at radius 1 is 1.22 bits per heavy atom. The normalized spacial score (nSPS) is 22.5. The molecule has 0 aromatic heterocycles. The van der Waals surface area contributed by atoms with Crippen molar-refractivity contribution in [3.8, 4) is 0 Å². The van der Waals surface area contributed by atoms with E-state index in [1.54, 1.807) is 13.2 Å². The minimum Gasteiger partial charge on any atom is -0.338 e. The smallest absolute Gasteiger partial charge is 0.152 e. The van der Waals surface area contributed by atoms with E-state index >= 15 is 0 Å². The predicted octanol–water partition coefficient (Wildman–Crippen LogP) is 4.65. The van der Waals surface area contributed by atoms with Crippen LogP contribution in [0.3, 0.4) is 0 Å². The van der Waals surface area contributed by atoms with Crippen molar-refractivity contribution in [3.63, 3.8) is 0 Å². The monoisotopic (exact) mass is 380 g/mol. The number of aliphatic imine (C=N–C) groups is 2. The van der Waals surface area contributed by atoms with Gasteiger partial charge in [-0.1, -0.05) is 48.9 Å². The van der Waals surface area contributed by atoms with Crippen molar-refractivity contribution < 1.29 is 0 Å². The van der Waals surface area contributed by atoms with Gasteiger partial charge >= 0.3 is 0 Å². The van der Waals surface area contributed by atoms with Gasteiger partial charge in [0.05, 0.1) is 0 Å². The van der Waals surface area contributed by atoms with E-state index in [9.17, 15) is 0 Å². The summed E-state index contributed by atoms with van der Waals surface area (Å²) in [5.41, 5.74) is 5.26. The Hall–Kier alpha value is -2.11. The number of amidine groups is 1. The van der Waals surface area contributed by atoms with Crippen LogP contribution in [0, 0.1) is 0 Å². The van der Waals surface area contributed by atoms with Crippen LogP contribution in [-0.4, -0.2) is 42.2 Å².